The molecule has 6 nitrogen and oxygen atoms in total. The van der Waals surface area contributed by atoms with Crippen LogP contribution in [0.1, 0.15) is 22.4 Å². The molecule has 0 unspecified atom stereocenters. The van der Waals surface area contributed by atoms with Crippen molar-refractivity contribution in [3.63, 3.8) is 0 Å². The first-order chi connectivity index (χ1) is 14.7. The lowest BCUT2D eigenvalue weighted by Crippen LogP contribution is -2.24. The number of ether oxygens (including phenoxy) is 2. The summed E-state index contributed by atoms with van der Waals surface area (Å²) in [4.78, 5) is 23.5. The van der Waals surface area contributed by atoms with E-state index in [0.29, 0.717) is 12.2 Å². The number of carbonyl (C=O) groups is 1. The number of benzene rings is 2. The fourth-order valence-corrected chi connectivity index (χ4v) is 3.33. The zero-order valence-electron chi connectivity index (χ0n) is 16.5. The highest BCUT2D eigenvalue weighted by molar-refractivity contribution is 9.10. The van der Waals surface area contributed by atoms with Gasteiger partial charge in [-0.2, -0.15) is 0 Å². The minimum atomic E-state index is -0.847. The number of amides is 1. The van der Waals surface area contributed by atoms with Gasteiger partial charge in [0.25, 0.3) is 5.56 Å². The van der Waals surface area contributed by atoms with E-state index in [1.165, 1.54) is 6.07 Å². The van der Waals surface area contributed by atoms with E-state index in [2.05, 4.69) is 15.9 Å². The van der Waals surface area contributed by atoms with Crippen LogP contribution in [0.15, 0.2) is 57.8 Å². The Kier molecular flexibility index (Phi) is 7.06. The van der Waals surface area contributed by atoms with Gasteiger partial charge >= 0.3 is 6.09 Å². The van der Waals surface area contributed by atoms with Crippen LogP contribution in [-0.4, -0.2) is 10.7 Å². The van der Waals surface area contributed by atoms with Gasteiger partial charge in [0.05, 0.1) is 6.54 Å². The first kappa shape index (κ1) is 22.5. The molecule has 0 aliphatic carbocycles. The van der Waals surface area contributed by atoms with Crippen molar-refractivity contribution in [1.82, 2.24) is 4.57 Å². The molecule has 0 spiro atoms. The van der Waals surface area contributed by atoms with Crippen LogP contribution < -0.4 is 16.0 Å². The van der Waals surface area contributed by atoms with Crippen LogP contribution in [0.5, 0.6) is 5.75 Å². The number of rotatable bonds is 7. The second kappa shape index (κ2) is 9.74. The Balaban J connectivity index is 1.75. The summed E-state index contributed by atoms with van der Waals surface area (Å²) in [6.07, 6.45) is -0.847. The molecule has 0 aliphatic heterocycles. The van der Waals surface area contributed by atoms with Crippen molar-refractivity contribution in [2.75, 3.05) is 0 Å². The molecule has 0 bridgehead atoms. The van der Waals surface area contributed by atoms with Crippen molar-refractivity contribution in [2.24, 2.45) is 5.73 Å². The molecule has 2 N–H and O–H groups in total. The van der Waals surface area contributed by atoms with E-state index in [1.807, 2.05) is 12.1 Å². The maximum Gasteiger partial charge on any atom is 0.404 e. The highest BCUT2D eigenvalue weighted by Crippen LogP contribution is 2.24. The summed E-state index contributed by atoms with van der Waals surface area (Å²) >= 11 is 3.26. The normalized spacial score (nSPS) is 10.7. The van der Waals surface area contributed by atoms with Gasteiger partial charge in [-0.1, -0.05) is 24.3 Å². The van der Waals surface area contributed by atoms with Crippen LogP contribution in [0.2, 0.25) is 0 Å². The van der Waals surface area contributed by atoms with Gasteiger partial charge in [-0.25, -0.2) is 13.6 Å². The molecule has 0 saturated carbocycles. The summed E-state index contributed by atoms with van der Waals surface area (Å²) in [7, 11) is 0. The number of hydrogen-bond donors (Lipinski definition) is 1. The Bertz CT molecular complexity index is 1160. The van der Waals surface area contributed by atoms with E-state index < -0.39 is 17.7 Å². The van der Waals surface area contributed by atoms with Gasteiger partial charge in [-0.05, 0) is 46.1 Å². The largest absolute Gasteiger partial charge is 0.487 e. The average Bonchev–Trinajstić information content (AvgIpc) is 2.73. The standard InChI is InChI=1S/C22H19BrF2N2O4/c1-13-8-19(30-12-16-6-7-17(24)9-18(16)25)20(23)21(28)27(13)10-14-2-4-15(5-3-14)11-31-22(26)29/h2-9H,10-12H2,1H3,(H2,26,29). The fraction of sp³-hybridized carbons (Fsp3) is 0.182. The molecule has 9 heteroatoms. The lowest BCUT2D eigenvalue weighted by molar-refractivity contribution is 0.150. The van der Waals surface area contributed by atoms with Crippen molar-refractivity contribution >= 4 is 22.0 Å². The lowest BCUT2D eigenvalue weighted by Gasteiger charge is -2.15. The van der Waals surface area contributed by atoms with E-state index in [0.717, 1.165) is 23.3 Å². The highest BCUT2D eigenvalue weighted by atomic mass is 79.9. The second-order valence-electron chi connectivity index (χ2n) is 6.80. The Morgan fingerprint density at radius 1 is 1.06 bits per heavy atom. The number of aromatic nitrogens is 1. The molecule has 0 aliphatic rings. The van der Waals surface area contributed by atoms with E-state index >= 15 is 0 Å². The zero-order valence-corrected chi connectivity index (χ0v) is 18.1. The summed E-state index contributed by atoms with van der Waals surface area (Å²) in [5.74, 6) is -1.12. The molecule has 162 valence electrons. The van der Waals surface area contributed by atoms with Crippen LogP contribution in [0.25, 0.3) is 0 Å². The summed E-state index contributed by atoms with van der Waals surface area (Å²) in [6, 6.07) is 12.1. The van der Waals surface area contributed by atoms with Gasteiger partial charge in [0.1, 0.15) is 35.1 Å². The Labute approximate surface area is 185 Å². The van der Waals surface area contributed by atoms with Gasteiger partial charge in [0, 0.05) is 23.4 Å². The predicted molar refractivity (Wildman–Crippen MR) is 114 cm³/mol. The second-order valence-corrected chi connectivity index (χ2v) is 7.60. The average molecular weight is 493 g/mol. The van der Waals surface area contributed by atoms with Crippen LogP contribution in [-0.2, 0) is 24.5 Å². The molecule has 3 aromatic rings. The molecule has 31 heavy (non-hydrogen) atoms. The number of nitrogens with two attached hydrogens (primary N) is 1. The number of pyridine rings is 1. The van der Waals surface area contributed by atoms with Gasteiger partial charge in [-0.3, -0.25) is 4.79 Å². The molecule has 1 heterocycles. The van der Waals surface area contributed by atoms with Crippen molar-refractivity contribution < 1.29 is 23.0 Å². The summed E-state index contributed by atoms with van der Waals surface area (Å²) in [6.45, 7) is 1.99. The first-order valence-electron chi connectivity index (χ1n) is 9.21. The molecule has 3 rings (SSSR count). The molecule has 0 saturated heterocycles. The van der Waals surface area contributed by atoms with Crippen molar-refractivity contribution in [2.45, 2.75) is 26.7 Å². The van der Waals surface area contributed by atoms with Gasteiger partial charge < -0.3 is 19.8 Å². The minimum absolute atomic E-state index is 0.0703. The molecule has 1 amide bonds. The number of aryl methyl sites for hydroxylation is 1. The van der Waals surface area contributed by atoms with Gasteiger partial charge in [0.15, 0.2) is 0 Å². The summed E-state index contributed by atoms with van der Waals surface area (Å²) in [5.41, 5.74) is 7.09. The Hall–Kier alpha value is -3.20. The monoisotopic (exact) mass is 492 g/mol. The molecule has 2 aromatic carbocycles. The molecule has 0 fully saturated rings. The maximum atomic E-state index is 13.8. The molecule has 1 aromatic heterocycles. The Morgan fingerprint density at radius 2 is 1.74 bits per heavy atom. The predicted octanol–water partition coefficient (Wildman–Crippen LogP) is 4.42. The van der Waals surface area contributed by atoms with E-state index in [-0.39, 0.29) is 34.6 Å². The minimum Gasteiger partial charge on any atom is -0.487 e. The fourth-order valence-electron chi connectivity index (χ4n) is 2.89. The first-order valence-corrected chi connectivity index (χ1v) is 10.0. The SMILES string of the molecule is Cc1cc(OCc2ccc(F)cc2F)c(Br)c(=O)n1Cc1ccc(COC(N)=O)cc1. The van der Waals surface area contributed by atoms with E-state index in [4.69, 9.17) is 15.2 Å². The number of halogens is 3. The topological polar surface area (TPSA) is 83.6 Å². The number of carbonyl (C=O) groups excluding carboxylic acids is 1. The van der Waals surface area contributed by atoms with Crippen LogP contribution >= 0.6 is 15.9 Å². The van der Waals surface area contributed by atoms with E-state index in [9.17, 15) is 18.4 Å². The third-order valence-corrected chi connectivity index (χ3v) is 5.29. The summed E-state index contributed by atoms with van der Waals surface area (Å²) < 4.78 is 38.9. The van der Waals surface area contributed by atoms with Crippen molar-refractivity contribution in [1.29, 1.82) is 0 Å². The van der Waals surface area contributed by atoms with Crippen LogP contribution in [0.3, 0.4) is 0 Å². The highest BCUT2D eigenvalue weighted by Gasteiger charge is 2.14. The van der Waals surface area contributed by atoms with Crippen molar-refractivity contribution in [3.8, 4) is 5.75 Å². The van der Waals surface area contributed by atoms with E-state index in [1.54, 1.807) is 29.7 Å². The molecular formula is C22H19BrF2N2O4. The smallest absolute Gasteiger partial charge is 0.404 e. The van der Waals surface area contributed by atoms with Crippen LogP contribution in [0.4, 0.5) is 13.6 Å². The quantitative estimate of drug-likeness (QED) is 0.529. The number of primary amides is 1. The Morgan fingerprint density at radius 3 is 2.39 bits per heavy atom. The van der Waals surface area contributed by atoms with Crippen molar-refractivity contribution in [3.05, 3.63) is 97.4 Å². The van der Waals surface area contributed by atoms with Crippen LogP contribution in [0, 0.1) is 18.6 Å². The zero-order chi connectivity index (χ0) is 22.5. The van der Waals surface area contributed by atoms with Gasteiger partial charge in [-0.15, -0.1) is 0 Å². The van der Waals surface area contributed by atoms with Gasteiger partial charge in [0.2, 0.25) is 0 Å². The molecule has 0 atom stereocenters. The number of nitrogens with zero attached hydrogens (tertiary/aromatic N) is 1. The maximum absolute atomic E-state index is 13.8. The molecular weight excluding hydrogens is 474 g/mol. The third-order valence-electron chi connectivity index (χ3n) is 4.56. The molecule has 0 radical (unpaired) electrons. The lowest BCUT2D eigenvalue weighted by atomic mass is 10.1. The number of hydrogen-bond acceptors (Lipinski definition) is 4. The third kappa shape index (κ3) is 5.69. The summed E-state index contributed by atoms with van der Waals surface area (Å²) in [5, 5.41) is 0.